The average molecular weight is 264 g/mol. The Bertz CT molecular complexity index is 454. The number of likely N-dealkylation sites (tertiary alicyclic amines) is 1. The molecule has 1 aliphatic heterocycles. The Kier molecular flexibility index (Phi) is 4.24. The number of aromatic nitrogens is 2. The highest BCUT2D eigenvalue weighted by Crippen LogP contribution is 2.17. The number of nitrogens with one attached hydrogen (secondary N) is 1. The molecule has 5 heteroatoms. The predicted octanol–water partition coefficient (Wildman–Crippen LogP) is 1.39. The van der Waals surface area contributed by atoms with E-state index in [0.717, 1.165) is 25.2 Å². The Morgan fingerprint density at radius 2 is 2.21 bits per heavy atom. The van der Waals surface area contributed by atoms with E-state index in [4.69, 9.17) is 0 Å². The summed E-state index contributed by atoms with van der Waals surface area (Å²) in [4.78, 5) is 13.6. The summed E-state index contributed by atoms with van der Waals surface area (Å²) in [6.07, 6.45) is 3.77. The molecule has 2 rings (SSSR count). The lowest BCUT2D eigenvalue weighted by molar-refractivity contribution is -0.127. The third-order valence-corrected chi connectivity index (χ3v) is 3.72. The number of nitrogens with zero attached hydrogens (tertiary/aromatic N) is 3. The van der Waals surface area contributed by atoms with E-state index < -0.39 is 0 Å². The third kappa shape index (κ3) is 3.35. The molecule has 19 heavy (non-hydrogen) atoms. The Balaban J connectivity index is 1.89. The van der Waals surface area contributed by atoms with E-state index in [9.17, 15) is 4.79 Å². The first-order valence-corrected chi connectivity index (χ1v) is 7.01. The lowest BCUT2D eigenvalue weighted by Crippen LogP contribution is -2.40. The van der Waals surface area contributed by atoms with Gasteiger partial charge in [-0.05, 0) is 27.2 Å². The van der Waals surface area contributed by atoms with Crippen LogP contribution in [0.3, 0.4) is 0 Å². The van der Waals surface area contributed by atoms with Gasteiger partial charge in [0, 0.05) is 50.4 Å². The monoisotopic (exact) mass is 264 g/mol. The Hall–Kier alpha value is -1.36. The highest BCUT2D eigenvalue weighted by atomic mass is 16.2. The SMILES string of the molecule is Cc1nn(C)cc1C(C)NC(C)CN1CCCC1=O. The summed E-state index contributed by atoms with van der Waals surface area (Å²) in [6, 6.07) is 0.540. The summed E-state index contributed by atoms with van der Waals surface area (Å²) >= 11 is 0. The van der Waals surface area contributed by atoms with E-state index in [2.05, 4.69) is 30.5 Å². The summed E-state index contributed by atoms with van der Waals surface area (Å²) in [5.74, 6) is 0.291. The second kappa shape index (κ2) is 5.74. The molecule has 0 aliphatic carbocycles. The zero-order chi connectivity index (χ0) is 14.0. The molecule has 1 aromatic heterocycles. The first-order chi connectivity index (χ1) is 8.97. The maximum atomic E-state index is 11.6. The normalized spacial score (nSPS) is 18.9. The molecular formula is C14H24N4O. The summed E-state index contributed by atoms with van der Waals surface area (Å²) in [5.41, 5.74) is 2.29. The number of hydrogen-bond donors (Lipinski definition) is 1. The van der Waals surface area contributed by atoms with Gasteiger partial charge in [-0.2, -0.15) is 5.10 Å². The van der Waals surface area contributed by atoms with E-state index >= 15 is 0 Å². The number of carbonyl (C=O) groups excluding carboxylic acids is 1. The van der Waals surface area contributed by atoms with E-state index in [1.165, 1.54) is 5.56 Å². The zero-order valence-electron chi connectivity index (χ0n) is 12.3. The first kappa shape index (κ1) is 14.1. The highest BCUT2D eigenvalue weighted by Gasteiger charge is 2.22. The topological polar surface area (TPSA) is 50.2 Å². The molecule has 2 unspecified atom stereocenters. The second-order valence-corrected chi connectivity index (χ2v) is 5.58. The van der Waals surface area contributed by atoms with Crippen LogP contribution in [-0.2, 0) is 11.8 Å². The quantitative estimate of drug-likeness (QED) is 0.874. The molecule has 0 aromatic carbocycles. The smallest absolute Gasteiger partial charge is 0.222 e. The van der Waals surface area contributed by atoms with Crippen molar-refractivity contribution in [2.75, 3.05) is 13.1 Å². The fourth-order valence-corrected chi connectivity index (χ4v) is 2.84. The molecule has 1 N–H and O–H groups in total. The third-order valence-electron chi connectivity index (χ3n) is 3.72. The standard InChI is InChI=1S/C14H24N4O/c1-10(8-18-7-5-6-14(18)19)15-11(2)13-9-17(4)16-12(13)3/h9-11,15H,5-8H2,1-4H3. The molecule has 1 amide bonds. The van der Waals surface area contributed by atoms with Crippen LogP contribution in [0.4, 0.5) is 0 Å². The summed E-state index contributed by atoms with van der Waals surface area (Å²) in [6.45, 7) is 8.01. The van der Waals surface area contributed by atoms with Gasteiger partial charge in [-0.1, -0.05) is 0 Å². The van der Waals surface area contributed by atoms with Gasteiger partial charge in [0.1, 0.15) is 0 Å². The largest absolute Gasteiger partial charge is 0.341 e. The fourth-order valence-electron chi connectivity index (χ4n) is 2.84. The second-order valence-electron chi connectivity index (χ2n) is 5.58. The van der Waals surface area contributed by atoms with Crippen LogP contribution in [0.15, 0.2) is 6.20 Å². The molecule has 1 aromatic rings. The van der Waals surface area contributed by atoms with Crippen molar-refractivity contribution < 1.29 is 4.79 Å². The minimum Gasteiger partial charge on any atom is -0.341 e. The van der Waals surface area contributed by atoms with E-state index in [0.29, 0.717) is 12.3 Å². The summed E-state index contributed by atoms with van der Waals surface area (Å²) in [5, 5.41) is 7.92. The fraction of sp³-hybridized carbons (Fsp3) is 0.714. The van der Waals surface area contributed by atoms with Crippen LogP contribution in [0.2, 0.25) is 0 Å². The molecule has 1 saturated heterocycles. The molecule has 1 aliphatic rings. The van der Waals surface area contributed by atoms with Gasteiger partial charge in [0.15, 0.2) is 0 Å². The number of carbonyl (C=O) groups is 1. The molecule has 5 nitrogen and oxygen atoms in total. The van der Waals surface area contributed by atoms with Gasteiger partial charge < -0.3 is 10.2 Å². The van der Waals surface area contributed by atoms with Gasteiger partial charge in [-0.25, -0.2) is 0 Å². The minimum atomic E-state index is 0.251. The maximum Gasteiger partial charge on any atom is 0.222 e. The van der Waals surface area contributed by atoms with E-state index in [-0.39, 0.29) is 12.1 Å². The highest BCUT2D eigenvalue weighted by molar-refractivity contribution is 5.78. The van der Waals surface area contributed by atoms with Gasteiger partial charge in [0.25, 0.3) is 0 Å². The van der Waals surface area contributed by atoms with Crippen LogP contribution in [0.5, 0.6) is 0 Å². The minimum absolute atomic E-state index is 0.251. The van der Waals surface area contributed by atoms with Crippen molar-refractivity contribution in [2.24, 2.45) is 7.05 Å². The van der Waals surface area contributed by atoms with Crippen LogP contribution >= 0.6 is 0 Å². The van der Waals surface area contributed by atoms with Gasteiger partial charge in [0.05, 0.1) is 5.69 Å². The zero-order valence-corrected chi connectivity index (χ0v) is 12.3. The van der Waals surface area contributed by atoms with Gasteiger partial charge in [-0.15, -0.1) is 0 Å². The van der Waals surface area contributed by atoms with Crippen molar-refractivity contribution in [3.05, 3.63) is 17.5 Å². The maximum absolute atomic E-state index is 11.6. The molecular weight excluding hydrogens is 240 g/mol. The Labute approximate surface area is 115 Å². The summed E-state index contributed by atoms with van der Waals surface area (Å²) in [7, 11) is 1.94. The molecule has 0 radical (unpaired) electrons. The van der Waals surface area contributed by atoms with Crippen molar-refractivity contribution >= 4 is 5.91 Å². The lowest BCUT2D eigenvalue weighted by atomic mass is 10.1. The molecule has 2 atom stereocenters. The number of aryl methyl sites for hydroxylation is 2. The van der Waals surface area contributed by atoms with Crippen molar-refractivity contribution in [1.82, 2.24) is 20.0 Å². The Morgan fingerprint density at radius 3 is 2.74 bits per heavy atom. The van der Waals surface area contributed by atoms with Crippen molar-refractivity contribution in [1.29, 1.82) is 0 Å². The van der Waals surface area contributed by atoms with Crippen LogP contribution < -0.4 is 5.32 Å². The van der Waals surface area contributed by atoms with Gasteiger partial charge in [0.2, 0.25) is 5.91 Å². The van der Waals surface area contributed by atoms with Crippen LogP contribution in [0.1, 0.15) is 44.0 Å². The molecule has 0 bridgehead atoms. The number of amides is 1. The summed E-state index contributed by atoms with van der Waals surface area (Å²) < 4.78 is 1.84. The van der Waals surface area contributed by atoms with E-state index in [1.54, 1.807) is 0 Å². The number of hydrogen-bond acceptors (Lipinski definition) is 3. The van der Waals surface area contributed by atoms with Crippen molar-refractivity contribution in [3.63, 3.8) is 0 Å². The number of rotatable bonds is 5. The van der Waals surface area contributed by atoms with Crippen LogP contribution in [0.25, 0.3) is 0 Å². The lowest BCUT2D eigenvalue weighted by Gasteiger charge is -2.24. The molecule has 0 spiro atoms. The van der Waals surface area contributed by atoms with Crippen LogP contribution in [-0.4, -0.2) is 39.7 Å². The first-order valence-electron chi connectivity index (χ1n) is 7.01. The Morgan fingerprint density at radius 1 is 1.47 bits per heavy atom. The molecule has 2 heterocycles. The molecule has 0 saturated carbocycles. The van der Waals surface area contributed by atoms with E-state index in [1.807, 2.05) is 23.6 Å². The van der Waals surface area contributed by atoms with Crippen molar-refractivity contribution in [2.45, 2.75) is 45.7 Å². The molecule has 106 valence electrons. The average Bonchev–Trinajstić information content (AvgIpc) is 2.85. The predicted molar refractivity (Wildman–Crippen MR) is 74.8 cm³/mol. The molecule has 1 fully saturated rings. The van der Waals surface area contributed by atoms with Gasteiger partial charge >= 0.3 is 0 Å². The van der Waals surface area contributed by atoms with Crippen LogP contribution in [0, 0.1) is 6.92 Å². The van der Waals surface area contributed by atoms with Crippen molar-refractivity contribution in [3.8, 4) is 0 Å². The van der Waals surface area contributed by atoms with Gasteiger partial charge in [-0.3, -0.25) is 9.48 Å².